The highest BCUT2D eigenvalue weighted by atomic mass is 16.5. The van der Waals surface area contributed by atoms with E-state index in [4.69, 9.17) is 9.15 Å². The molecule has 0 aliphatic heterocycles. The monoisotopic (exact) mass is 416 g/mol. The molecule has 0 amide bonds. The van der Waals surface area contributed by atoms with E-state index in [-0.39, 0.29) is 39.8 Å². The van der Waals surface area contributed by atoms with E-state index in [1.54, 1.807) is 26.8 Å². The predicted octanol–water partition coefficient (Wildman–Crippen LogP) is 4.57. The van der Waals surface area contributed by atoms with Crippen molar-refractivity contribution in [2.75, 3.05) is 0 Å². The van der Waals surface area contributed by atoms with Crippen molar-refractivity contribution < 1.29 is 29.0 Å². The van der Waals surface area contributed by atoms with Crippen LogP contribution in [0, 0.1) is 5.92 Å². The molecule has 162 valence electrons. The number of carbonyl (C=O) groups is 2. The van der Waals surface area contributed by atoms with E-state index in [9.17, 15) is 24.6 Å². The summed E-state index contributed by atoms with van der Waals surface area (Å²) in [6.07, 6.45) is 1.46. The molecule has 0 aliphatic carbocycles. The van der Waals surface area contributed by atoms with Gasteiger partial charge in [-0.15, -0.1) is 0 Å². The Balaban J connectivity index is 3.04. The van der Waals surface area contributed by atoms with Crippen LogP contribution in [-0.4, -0.2) is 22.0 Å². The Morgan fingerprint density at radius 1 is 1.17 bits per heavy atom. The van der Waals surface area contributed by atoms with Crippen molar-refractivity contribution in [1.82, 2.24) is 0 Å². The van der Waals surface area contributed by atoms with Crippen molar-refractivity contribution >= 4 is 22.7 Å². The summed E-state index contributed by atoms with van der Waals surface area (Å²) in [7, 11) is 0. The van der Waals surface area contributed by atoms with Gasteiger partial charge in [0.05, 0.1) is 5.39 Å². The number of carbonyl (C=O) groups excluding carboxylic acids is 2. The summed E-state index contributed by atoms with van der Waals surface area (Å²) in [6, 6.07) is 1.14. The lowest BCUT2D eigenvalue weighted by Crippen LogP contribution is -2.15. The molecule has 2 N–H and O–H groups in total. The van der Waals surface area contributed by atoms with Gasteiger partial charge in [0.1, 0.15) is 23.2 Å². The lowest BCUT2D eigenvalue weighted by atomic mass is 9.90. The van der Waals surface area contributed by atoms with Crippen LogP contribution >= 0.6 is 0 Å². The summed E-state index contributed by atoms with van der Waals surface area (Å²) in [5, 5.41) is 22.0. The van der Waals surface area contributed by atoms with Crippen molar-refractivity contribution in [1.29, 1.82) is 0 Å². The summed E-state index contributed by atoms with van der Waals surface area (Å²) in [5.74, 6) is -2.22. The maximum atomic E-state index is 12.9. The van der Waals surface area contributed by atoms with Gasteiger partial charge in [-0.05, 0) is 26.7 Å². The first-order valence-electron chi connectivity index (χ1n) is 9.88. The average Bonchev–Trinajstić information content (AvgIpc) is 2.64. The minimum absolute atomic E-state index is 0.0849. The number of benzene rings is 1. The fraction of sp³-hybridized carbons (Fsp3) is 0.435. The number of phenols is 2. The molecule has 2 aromatic rings. The van der Waals surface area contributed by atoms with E-state index >= 15 is 0 Å². The van der Waals surface area contributed by atoms with Crippen molar-refractivity contribution in [3.63, 3.8) is 0 Å². The summed E-state index contributed by atoms with van der Waals surface area (Å²) in [5.41, 5.74) is 0.172. The molecule has 30 heavy (non-hydrogen) atoms. The molecule has 0 radical (unpaired) electrons. The number of allylic oxidation sites excluding steroid dienone is 2. The third-order valence-electron chi connectivity index (χ3n) is 4.78. The Kier molecular flexibility index (Phi) is 7.08. The fourth-order valence-electron chi connectivity index (χ4n) is 3.29. The maximum absolute atomic E-state index is 12.9. The summed E-state index contributed by atoms with van der Waals surface area (Å²) >= 11 is 0. The molecule has 0 aliphatic rings. The second kappa shape index (κ2) is 9.15. The highest BCUT2D eigenvalue weighted by molar-refractivity contribution is 6.12. The number of rotatable bonds is 7. The minimum atomic E-state index is -0.831. The van der Waals surface area contributed by atoms with Gasteiger partial charge in [0.15, 0.2) is 11.4 Å². The smallest absolute Gasteiger partial charge is 0.336 e. The number of hydrogen-bond donors (Lipinski definition) is 2. The van der Waals surface area contributed by atoms with Gasteiger partial charge in [-0.1, -0.05) is 32.4 Å². The first-order chi connectivity index (χ1) is 14.0. The Labute approximate surface area is 175 Å². The van der Waals surface area contributed by atoms with Gasteiger partial charge in [0.2, 0.25) is 0 Å². The summed E-state index contributed by atoms with van der Waals surface area (Å²) < 4.78 is 10.6. The van der Waals surface area contributed by atoms with Gasteiger partial charge in [-0.2, -0.15) is 0 Å². The molecule has 1 aromatic carbocycles. The fourth-order valence-corrected chi connectivity index (χ4v) is 3.29. The average molecular weight is 416 g/mol. The molecule has 0 unspecified atom stereocenters. The summed E-state index contributed by atoms with van der Waals surface area (Å²) in [4.78, 5) is 36.8. The van der Waals surface area contributed by atoms with Gasteiger partial charge in [0.25, 0.3) is 0 Å². The molecule has 7 nitrogen and oxygen atoms in total. The van der Waals surface area contributed by atoms with Crippen LogP contribution in [0.15, 0.2) is 26.9 Å². The molecule has 0 bridgehead atoms. The molecule has 1 aromatic heterocycles. The van der Waals surface area contributed by atoms with Crippen molar-refractivity contribution in [2.45, 2.75) is 60.5 Å². The van der Waals surface area contributed by atoms with E-state index in [2.05, 4.69) is 0 Å². The van der Waals surface area contributed by atoms with E-state index in [0.717, 1.165) is 11.6 Å². The highest BCUT2D eigenvalue weighted by Gasteiger charge is 2.30. The number of aromatic hydroxyl groups is 2. The molecule has 0 fully saturated rings. The Bertz CT molecular complexity index is 1070. The highest BCUT2D eigenvalue weighted by Crippen LogP contribution is 2.44. The van der Waals surface area contributed by atoms with Crippen molar-refractivity contribution in [2.24, 2.45) is 5.92 Å². The van der Waals surface area contributed by atoms with Crippen LogP contribution in [0.1, 0.15) is 75.6 Å². The largest absolute Gasteiger partial charge is 0.507 e. The van der Waals surface area contributed by atoms with Crippen LogP contribution in [0.25, 0.3) is 11.0 Å². The predicted molar refractivity (Wildman–Crippen MR) is 113 cm³/mol. The van der Waals surface area contributed by atoms with Crippen LogP contribution < -0.4 is 5.63 Å². The van der Waals surface area contributed by atoms with Crippen LogP contribution in [0.5, 0.6) is 11.5 Å². The Morgan fingerprint density at radius 3 is 2.30 bits per heavy atom. The van der Waals surface area contributed by atoms with Crippen LogP contribution in [-0.2, 0) is 16.0 Å². The number of Topliss-reactive ketones (excluding diaryl/α,β-unsaturated/α-hetero) is 1. The van der Waals surface area contributed by atoms with E-state index in [1.807, 2.05) is 13.8 Å². The van der Waals surface area contributed by atoms with Crippen molar-refractivity contribution in [3.05, 3.63) is 44.8 Å². The normalized spacial score (nSPS) is 12.1. The zero-order valence-corrected chi connectivity index (χ0v) is 18.2. The summed E-state index contributed by atoms with van der Waals surface area (Å²) in [6.45, 7) is 10.1. The topological polar surface area (TPSA) is 114 Å². The van der Waals surface area contributed by atoms with Crippen LogP contribution in [0.3, 0.4) is 0 Å². The molecule has 0 saturated heterocycles. The van der Waals surface area contributed by atoms with Crippen LogP contribution in [0.2, 0.25) is 0 Å². The third-order valence-corrected chi connectivity index (χ3v) is 4.78. The minimum Gasteiger partial charge on any atom is -0.507 e. The molecular formula is C23H28O7. The van der Waals surface area contributed by atoms with Gasteiger partial charge < -0.3 is 19.4 Å². The molecule has 7 heteroatoms. The van der Waals surface area contributed by atoms with Gasteiger partial charge in [0, 0.05) is 30.0 Å². The second-order valence-electron chi connectivity index (χ2n) is 7.79. The quantitative estimate of drug-likeness (QED) is 0.294. The number of hydrogen-bond acceptors (Lipinski definition) is 7. The number of ketones is 1. The standard InChI is InChI=1S/C23H28O7/c1-7-16(29-13(6)24)15-10-17(25)30-23-18(15)21(27)14(9-8-11(2)3)22(28)19(23)20(26)12(4)5/h8,10,12,16,27-28H,7,9H2,1-6H3/t16-/m1/s1. The molecule has 1 atom stereocenters. The number of ether oxygens (including phenoxy) is 1. The maximum Gasteiger partial charge on any atom is 0.336 e. The van der Waals surface area contributed by atoms with Gasteiger partial charge >= 0.3 is 11.6 Å². The Hall–Kier alpha value is -3.09. The number of esters is 1. The van der Waals surface area contributed by atoms with Crippen LogP contribution in [0.4, 0.5) is 0 Å². The lowest BCUT2D eigenvalue weighted by Gasteiger charge is -2.20. The molecule has 0 saturated carbocycles. The first kappa shape index (κ1) is 23.2. The van der Waals surface area contributed by atoms with Gasteiger partial charge in [-0.3, -0.25) is 9.59 Å². The first-order valence-corrected chi connectivity index (χ1v) is 9.88. The van der Waals surface area contributed by atoms with Gasteiger partial charge in [-0.25, -0.2) is 4.79 Å². The lowest BCUT2D eigenvalue weighted by molar-refractivity contribution is -0.146. The SMILES string of the molecule is CC[C@@H](OC(C)=O)c1cc(=O)oc2c(C(=O)C(C)C)c(O)c(CC=C(C)C)c(O)c12. The molecule has 2 rings (SSSR count). The molecule has 0 spiro atoms. The Morgan fingerprint density at radius 2 is 1.80 bits per heavy atom. The number of phenolic OH excluding ortho intramolecular Hbond substituents is 2. The zero-order valence-electron chi connectivity index (χ0n) is 18.2. The van der Waals surface area contributed by atoms with E-state index < -0.39 is 35.1 Å². The van der Waals surface area contributed by atoms with E-state index in [0.29, 0.717) is 6.42 Å². The number of fused-ring (bicyclic) bond motifs is 1. The molecular weight excluding hydrogens is 388 g/mol. The van der Waals surface area contributed by atoms with Crippen molar-refractivity contribution in [3.8, 4) is 11.5 Å². The molecule has 1 heterocycles. The zero-order chi connectivity index (χ0) is 22.7. The second-order valence-corrected chi connectivity index (χ2v) is 7.79. The van der Waals surface area contributed by atoms with E-state index in [1.165, 1.54) is 6.92 Å². The third kappa shape index (κ3) is 4.56.